The van der Waals surface area contributed by atoms with Crippen molar-refractivity contribution in [3.63, 3.8) is 0 Å². The molecule has 116 valence electrons. The molecule has 2 aromatic heterocycles. The molecule has 0 unspecified atom stereocenters. The Kier molecular flexibility index (Phi) is 3.61. The number of benzene rings is 1. The van der Waals surface area contributed by atoms with Crippen LogP contribution in [0.3, 0.4) is 0 Å². The highest BCUT2D eigenvalue weighted by molar-refractivity contribution is 6.06. The van der Waals surface area contributed by atoms with Crippen LogP contribution >= 0.6 is 0 Å². The maximum absolute atomic E-state index is 12.9. The van der Waals surface area contributed by atoms with Crippen molar-refractivity contribution < 1.29 is 19.1 Å². The van der Waals surface area contributed by atoms with Gasteiger partial charge in [-0.25, -0.2) is 4.98 Å². The van der Waals surface area contributed by atoms with Crippen molar-refractivity contribution in [1.82, 2.24) is 14.8 Å². The first-order valence-electron chi connectivity index (χ1n) is 6.81. The van der Waals surface area contributed by atoms with E-state index in [1.807, 2.05) is 0 Å². The lowest BCUT2D eigenvalue weighted by atomic mass is 10.0. The number of carboxylic acid groups (broad SMARTS) is 1. The first-order chi connectivity index (χ1) is 11.0. The molecule has 23 heavy (non-hydrogen) atoms. The molecule has 0 bridgehead atoms. The summed E-state index contributed by atoms with van der Waals surface area (Å²) in [6, 6.07) is 8.00. The maximum Gasteiger partial charge on any atom is 0.325 e. The molecule has 0 saturated heterocycles. The zero-order valence-corrected chi connectivity index (χ0v) is 12.2. The Bertz CT molecular complexity index is 916. The lowest BCUT2D eigenvalue weighted by molar-refractivity contribution is -0.137. The van der Waals surface area contributed by atoms with Crippen LogP contribution in [0.15, 0.2) is 36.5 Å². The monoisotopic (exact) mass is 313 g/mol. The molecule has 0 fully saturated rings. The van der Waals surface area contributed by atoms with E-state index in [0.717, 1.165) is 5.56 Å². The van der Waals surface area contributed by atoms with E-state index in [-0.39, 0.29) is 18.0 Å². The normalized spacial score (nSPS) is 10.9. The number of rotatable bonds is 4. The molecule has 6 nitrogen and oxygen atoms in total. The van der Waals surface area contributed by atoms with E-state index >= 15 is 0 Å². The van der Waals surface area contributed by atoms with Crippen molar-refractivity contribution >= 4 is 22.7 Å². The van der Waals surface area contributed by atoms with Gasteiger partial charge in [0, 0.05) is 24.1 Å². The lowest BCUT2D eigenvalue weighted by Crippen LogP contribution is -2.10. The van der Waals surface area contributed by atoms with E-state index in [9.17, 15) is 14.0 Å². The number of Topliss-reactive ketones (excluding diaryl/α,β-unsaturated/α-hetero) is 1. The molecule has 3 aromatic rings. The quantitative estimate of drug-likeness (QED) is 0.591. The van der Waals surface area contributed by atoms with Crippen molar-refractivity contribution in [3.8, 4) is 11.1 Å². The number of aliphatic carboxylic acids is 1. The molecule has 1 aromatic carbocycles. The largest absolute Gasteiger partial charge is 0.480 e. The van der Waals surface area contributed by atoms with Crippen LogP contribution in [0.2, 0.25) is 0 Å². The van der Waals surface area contributed by atoms with Crippen molar-refractivity contribution in [3.05, 3.63) is 48.2 Å². The van der Waals surface area contributed by atoms with Gasteiger partial charge < -0.3 is 5.11 Å². The Morgan fingerprint density at radius 3 is 2.57 bits per heavy atom. The predicted octanol–water partition coefficient (Wildman–Crippen LogP) is 2.52. The predicted molar refractivity (Wildman–Crippen MR) is 80.6 cm³/mol. The van der Waals surface area contributed by atoms with Gasteiger partial charge in [0.05, 0.1) is 5.52 Å². The van der Waals surface area contributed by atoms with Crippen LogP contribution in [-0.2, 0) is 11.3 Å². The number of hydrogen-bond donors (Lipinski definition) is 1. The molecule has 1 N–H and O–H groups in total. The third kappa shape index (κ3) is 2.80. The van der Waals surface area contributed by atoms with Crippen molar-refractivity contribution in [2.45, 2.75) is 13.5 Å². The molecule has 0 atom stereocenters. The summed E-state index contributed by atoms with van der Waals surface area (Å²) in [7, 11) is 0. The molecule has 0 saturated carbocycles. The minimum Gasteiger partial charge on any atom is -0.480 e. The number of carbonyl (C=O) groups excluding carboxylic acids is 1. The number of hydrogen-bond acceptors (Lipinski definition) is 4. The highest BCUT2D eigenvalue weighted by Crippen LogP contribution is 2.26. The summed E-state index contributed by atoms with van der Waals surface area (Å²) < 4.78 is 14.2. The summed E-state index contributed by atoms with van der Waals surface area (Å²) in [5, 5.41) is 13.6. The number of fused-ring (bicyclic) bond motifs is 1. The van der Waals surface area contributed by atoms with Crippen molar-refractivity contribution in [2.75, 3.05) is 0 Å². The van der Waals surface area contributed by atoms with Gasteiger partial charge in [-0.15, -0.1) is 0 Å². The van der Waals surface area contributed by atoms with Gasteiger partial charge in [-0.3, -0.25) is 14.3 Å². The van der Waals surface area contributed by atoms with E-state index in [1.54, 1.807) is 24.3 Å². The second-order valence-electron chi connectivity index (χ2n) is 5.06. The van der Waals surface area contributed by atoms with E-state index in [0.29, 0.717) is 16.5 Å². The first-order valence-corrected chi connectivity index (χ1v) is 6.81. The van der Waals surface area contributed by atoms with Gasteiger partial charge in [0.2, 0.25) is 5.95 Å². The molecule has 7 heteroatoms. The number of ketones is 1. The van der Waals surface area contributed by atoms with Crippen molar-refractivity contribution in [1.29, 1.82) is 0 Å². The van der Waals surface area contributed by atoms with Crippen molar-refractivity contribution in [2.24, 2.45) is 0 Å². The number of pyridine rings is 1. The lowest BCUT2D eigenvalue weighted by Gasteiger charge is -2.03. The van der Waals surface area contributed by atoms with Crippen LogP contribution in [-0.4, -0.2) is 31.6 Å². The van der Waals surface area contributed by atoms with Crippen LogP contribution in [0.5, 0.6) is 0 Å². The Morgan fingerprint density at radius 1 is 1.22 bits per heavy atom. The van der Waals surface area contributed by atoms with Gasteiger partial charge >= 0.3 is 5.97 Å². The molecule has 3 rings (SSSR count). The van der Waals surface area contributed by atoms with Crippen LogP contribution in [0.25, 0.3) is 22.0 Å². The van der Waals surface area contributed by atoms with Crippen LogP contribution < -0.4 is 0 Å². The zero-order chi connectivity index (χ0) is 16.6. The fourth-order valence-corrected chi connectivity index (χ4v) is 2.41. The van der Waals surface area contributed by atoms with E-state index in [2.05, 4.69) is 10.1 Å². The number of aromatic nitrogens is 3. The SMILES string of the molecule is CC(=O)c1nn(CC(=O)O)c2ccc(-c3ccc(F)nc3)cc12. The van der Waals surface area contributed by atoms with E-state index in [4.69, 9.17) is 5.11 Å². The summed E-state index contributed by atoms with van der Waals surface area (Å²) in [6.07, 6.45) is 1.39. The van der Waals surface area contributed by atoms with E-state index < -0.39 is 11.9 Å². The third-order valence-corrected chi connectivity index (χ3v) is 3.43. The third-order valence-electron chi connectivity index (χ3n) is 3.43. The maximum atomic E-state index is 12.9. The average molecular weight is 313 g/mol. The molecule has 0 amide bonds. The Hall–Kier alpha value is -3.09. The number of carboxylic acids is 1. The minimum atomic E-state index is -1.05. The second-order valence-corrected chi connectivity index (χ2v) is 5.06. The standard InChI is InChI=1S/C16H12FN3O3/c1-9(21)16-12-6-10(11-3-5-14(17)18-7-11)2-4-13(12)20(19-16)8-15(22)23/h2-7H,8H2,1H3,(H,22,23). The summed E-state index contributed by atoms with van der Waals surface area (Å²) in [5.74, 6) is -1.88. The molecule has 2 heterocycles. The van der Waals surface area contributed by atoms with Gasteiger partial charge in [-0.1, -0.05) is 6.07 Å². The first kappa shape index (κ1) is 14.8. The molecule has 0 aliphatic carbocycles. The molecule has 0 spiro atoms. The van der Waals surface area contributed by atoms with Crippen LogP contribution in [0.4, 0.5) is 4.39 Å². The van der Waals surface area contributed by atoms with Gasteiger partial charge in [0.25, 0.3) is 0 Å². The number of halogens is 1. The fourth-order valence-electron chi connectivity index (χ4n) is 2.41. The Labute approximate surface area is 130 Å². The Morgan fingerprint density at radius 2 is 1.96 bits per heavy atom. The van der Waals surface area contributed by atoms with Gasteiger partial charge in [0.15, 0.2) is 5.78 Å². The molecule has 0 radical (unpaired) electrons. The topological polar surface area (TPSA) is 85.1 Å². The van der Waals surface area contributed by atoms with Crippen LogP contribution in [0.1, 0.15) is 17.4 Å². The summed E-state index contributed by atoms with van der Waals surface area (Å²) >= 11 is 0. The fraction of sp³-hybridized carbons (Fsp3) is 0.125. The van der Waals surface area contributed by atoms with Gasteiger partial charge in [-0.2, -0.15) is 9.49 Å². The van der Waals surface area contributed by atoms with Gasteiger partial charge in [-0.05, 0) is 29.8 Å². The average Bonchev–Trinajstić information content (AvgIpc) is 2.85. The molecular weight excluding hydrogens is 301 g/mol. The second kappa shape index (κ2) is 5.60. The summed E-state index contributed by atoms with van der Waals surface area (Å²) in [5.41, 5.74) is 2.19. The summed E-state index contributed by atoms with van der Waals surface area (Å²) in [6.45, 7) is 1.04. The van der Waals surface area contributed by atoms with Gasteiger partial charge in [0.1, 0.15) is 12.2 Å². The Balaban J connectivity index is 2.18. The smallest absolute Gasteiger partial charge is 0.325 e. The minimum absolute atomic E-state index is 0.207. The highest BCUT2D eigenvalue weighted by Gasteiger charge is 2.16. The summed E-state index contributed by atoms with van der Waals surface area (Å²) in [4.78, 5) is 26.3. The molecular formula is C16H12FN3O3. The number of carbonyl (C=O) groups is 2. The zero-order valence-electron chi connectivity index (χ0n) is 12.2. The van der Waals surface area contributed by atoms with Crippen LogP contribution in [0, 0.1) is 5.95 Å². The number of nitrogens with zero attached hydrogens (tertiary/aromatic N) is 3. The molecule has 0 aliphatic rings. The van der Waals surface area contributed by atoms with E-state index in [1.165, 1.54) is 23.9 Å². The highest BCUT2D eigenvalue weighted by atomic mass is 19.1. The molecule has 0 aliphatic heterocycles.